The molecular formula is C24H31NO2. The van der Waals surface area contributed by atoms with Gasteiger partial charge in [-0.05, 0) is 38.8 Å². The summed E-state index contributed by atoms with van der Waals surface area (Å²) in [6.45, 7) is 12.5. The van der Waals surface area contributed by atoms with Gasteiger partial charge in [0.25, 0.3) is 0 Å². The van der Waals surface area contributed by atoms with Crippen molar-refractivity contribution in [2.45, 2.75) is 51.8 Å². The van der Waals surface area contributed by atoms with E-state index >= 15 is 0 Å². The molecule has 0 saturated heterocycles. The van der Waals surface area contributed by atoms with E-state index in [4.69, 9.17) is 4.74 Å². The zero-order chi connectivity index (χ0) is 19.9. The molecule has 2 aromatic carbocycles. The Kier molecular flexibility index (Phi) is 7.37. The highest BCUT2D eigenvalue weighted by molar-refractivity contribution is 5.71. The number of rotatable bonds is 8. The van der Waals surface area contributed by atoms with E-state index in [0.29, 0.717) is 13.0 Å². The van der Waals surface area contributed by atoms with Crippen molar-refractivity contribution in [3.05, 3.63) is 84.4 Å². The fourth-order valence-corrected chi connectivity index (χ4v) is 3.27. The molecule has 3 nitrogen and oxygen atoms in total. The lowest BCUT2D eigenvalue weighted by Gasteiger charge is -2.36. The smallest absolute Gasteiger partial charge is 0.308 e. The van der Waals surface area contributed by atoms with E-state index in [-0.39, 0.29) is 18.1 Å². The highest BCUT2D eigenvalue weighted by Crippen LogP contribution is 2.33. The first-order chi connectivity index (χ1) is 12.8. The third kappa shape index (κ3) is 6.37. The van der Waals surface area contributed by atoms with Crippen LogP contribution in [0.4, 0.5) is 0 Å². The van der Waals surface area contributed by atoms with E-state index < -0.39 is 5.60 Å². The molecule has 144 valence electrons. The maximum absolute atomic E-state index is 12.6. The van der Waals surface area contributed by atoms with E-state index in [9.17, 15) is 4.79 Å². The summed E-state index contributed by atoms with van der Waals surface area (Å²) in [5.41, 5.74) is 1.82. The monoisotopic (exact) mass is 365 g/mol. The first-order valence-corrected chi connectivity index (χ1v) is 9.50. The summed E-state index contributed by atoms with van der Waals surface area (Å²) in [7, 11) is 0. The molecule has 2 rings (SSSR count). The van der Waals surface area contributed by atoms with E-state index in [0.717, 1.165) is 5.56 Å². The summed E-state index contributed by atoms with van der Waals surface area (Å²) in [6.07, 6.45) is 2.19. The number of esters is 1. The fraction of sp³-hybridized carbons (Fsp3) is 0.375. The molecule has 0 aliphatic carbocycles. The zero-order valence-electron chi connectivity index (χ0n) is 16.9. The van der Waals surface area contributed by atoms with E-state index in [1.807, 2.05) is 63.2 Å². The van der Waals surface area contributed by atoms with Crippen molar-refractivity contribution >= 4 is 5.97 Å². The summed E-state index contributed by atoms with van der Waals surface area (Å²) in [4.78, 5) is 14.9. The molecule has 0 fully saturated rings. The van der Waals surface area contributed by atoms with Gasteiger partial charge in [0.1, 0.15) is 5.60 Å². The maximum Gasteiger partial charge on any atom is 0.308 e. The molecule has 0 N–H and O–H groups in total. The number of carbonyl (C=O) groups is 1. The van der Waals surface area contributed by atoms with Gasteiger partial charge in [0.15, 0.2) is 0 Å². The quantitative estimate of drug-likeness (QED) is 0.443. The van der Waals surface area contributed by atoms with Gasteiger partial charge in [0.2, 0.25) is 0 Å². The molecule has 0 aliphatic rings. The van der Waals surface area contributed by atoms with Gasteiger partial charge >= 0.3 is 5.97 Å². The number of nitrogens with zero attached hydrogens (tertiary/aromatic N) is 1. The van der Waals surface area contributed by atoms with Crippen LogP contribution in [0.5, 0.6) is 0 Å². The van der Waals surface area contributed by atoms with Gasteiger partial charge in [0.05, 0.1) is 6.42 Å². The van der Waals surface area contributed by atoms with Crippen LogP contribution in [-0.4, -0.2) is 23.0 Å². The topological polar surface area (TPSA) is 29.5 Å². The minimum atomic E-state index is -0.493. The summed E-state index contributed by atoms with van der Waals surface area (Å²) in [5, 5.41) is 0. The van der Waals surface area contributed by atoms with Gasteiger partial charge in [-0.2, -0.15) is 0 Å². The summed E-state index contributed by atoms with van der Waals surface area (Å²) < 4.78 is 5.61. The number of hydrogen-bond acceptors (Lipinski definition) is 3. The SMILES string of the molecule is C=CCN([C@H](C)c1ccccc1)[C@@H](CC(=O)OC(C)(C)C)c1ccccc1. The van der Waals surface area contributed by atoms with Crippen molar-refractivity contribution in [2.75, 3.05) is 6.54 Å². The molecular weight excluding hydrogens is 334 g/mol. The molecule has 0 spiro atoms. The average Bonchev–Trinajstić information content (AvgIpc) is 2.64. The van der Waals surface area contributed by atoms with Crippen molar-refractivity contribution in [1.82, 2.24) is 4.90 Å². The van der Waals surface area contributed by atoms with Crippen molar-refractivity contribution in [2.24, 2.45) is 0 Å². The molecule has 0 heterocycles. The van der Waals surface area contributed by atoms with Gasteiger partial charge in [-0.15, -0.1) is 6.58 Å². The lowest BCUT2D eigenvalue weighted by atomic mass is 9.97. The Morgan fingerprint density at radius 2 is 1.56 bits per heavy atom. The summed E-state index contributed by atoms with van der Waals surface area (Å²) >= 11 is 0. The number of benzene rings is 2. The van der Waals surface area contributed by atoms with Crippen molar-refractivity contribution in [1.29, 1.82) is 0 Å². The Morgan fingerprint density at radius 3 is 2.04 bits per heavy atom. The fourth-order valence-electron chi connectivity index (χ4n) is 3.27. The predicted octanol–water partition coefficient (Wildman–Crippen LogP) is 5.71. The van der Waals surface area contributed by atoms with Crippen molar-refractivity contribution < 1.29 is 9.53 Å². The highest BCUT2D eigenvalue weighted by atomic mass is 16.6. The number of hydrogen-bond donors (Lipinski definition) is 0. The third-order valence-electron chi connectivity index (χ3n) is 4.48. The first kappa shape index (κ1) is 20.9. The van der Waals surface area contributed by atoms with Crippen LogP contribution < -0.4 is 0 Å². The van der Waals surface area contributed by atoms with Crippen molar-refractivity contribution in [3.63, 3.8) is 0 Å². The zero-order valence-corrected chi connectivity index (χ0v) is 16.9. The molecule has 2 atom stereocenters. The van der Waals surface area contributed by atoms with Crippen LogP contribution in [0.15, 0.2) is 73.3 Å². The van der Waals surface area contributed by atoms with Crippen LogP contribution in [0, 0.1) is 0 Å². The second kappa shape index (κ2) is 9.52. The Balaban J connectivity index is 2.36. The summed E-state index contributed by atoms with van der Waals surface area (Å²) in [6, 6.07) is 20.6. The van der Waals surface area contributed by atoms with Crippen LogP contribution in [0.25, 0.3) is 0 Å². The number of ether oxygens (including phenoxy) is 1. The molecule has 0 amide bonds. The van der Waals surface area contributed by atoms with Crippen LogP contribution in [0.1, 0.15) is 57.3 Å². The van der Waals surface area contributed by atoms with Gasteiger partial charge < -0.3 is 4.74 Å². The lowest BCUT2D eigenvalue weighted by Crippen LogP contribution is -2.35. The first-order valence-electron chi connectivity index (χ1n) is 9.50. The molecule has 27 heavy (non-hydrogen) atoms. The van der Waals surface area contributed by atoms with Gasteiger partial charge in [-0.3, -0.25) is 9.69 Å². The van der Waals surface area contributed by atoms with Crippen LogP contribution in [0.2, 0.25) is 0 Å². The lowest BCUT2D eigenvalue weighted by molar-refractivity contribution is -0.156. The highest BCUT2D eigenvalue weighted by Gasteiger charge is 2.29. The molecule has 0 saturated carbocycles. The molecule has 3 heteroatoms. The molecule has 2 aromatic rings. The van der Waals surface area contributed by atoms with Gasteiger partial charge in [-0.1, -0.05) is 66.7 Å². The Morgan fingerprint density at radius 1 is 1.04 bits per heavy atom. The average molecular weight is 366 g/mol. The van der Waals surface area contributed by atoms with Gasteiger partial charge in [0, 0.05) is 18.6 Å². The van der Waals surface area contributed by atoms with Crippen LogP contribution >= 0.6 is 0 Å². The standard InChI is InChI=1S/C24H31NO2/c1-6-17-25(19(2)20-13-9-7-10-14-20)22(21-15-11-8-12-16-21)18-23(26)27-24(3,4)5/h6-16,19,22H,1,17-18H2,2-5H3/t19-,22+/m1/s1. The molecule has 0 bridgehead atoms. The predicted molar refractivity (Wildman–Crippen MR) is 111 cm³/mol. The largest absolute Gasteiger partial charge is 0.460 e. The maximum atomic E-state index is 12.6. The Labute approximate surface area is 163 Å². The Bertz CT molecular complexity index is 719. The van der Waals surface area contributed by atoms with Crippen LogP contribution in [-0.2, 0) is 9.53 Å². The second-order valence-corrected chi connectivity index (χ2v) is 7.79. The third-order valence-corrected chi connectivity index (χ3v) is 4.48. The molecule has 0 aliphatic heterocycles. The van der Waals surface area contributed by atoms with E-state index in [2.05, 4.69) is 42.7 Å². The van der Waals surface area contributed by atoms with Gasteiger partial charge in [-0.25, -0.2) is 0 Å². The molecule has 0 unspecified atom stereocenters. The van der Waals surface area contributed by atoms with Crippen LogP contribution in [0.3, 0.4) is 0 Å². The Hall–Kier alpha value is -2.39. The van der Waals surface area contributed by atoms with E-state index in [1.54, 1.807) is 0 Å². The molecule has 0 aromatic heterocycles. The van der Waals surface area contributed by atoms with Crippen molar-refractivity contribution in [3.8, 4) is 0 Å². The summed E-state index contributed by atoms with van der Waals surface area (Å²) in [5.74, 6) is -0.189. The minimum Gasteiger partial charge on any atom is -0.460 e. The normalized spacial score (nSPS) is 13.8. The number of carbonyl (C=O) groups excluding carboxylic acids is 1. The second-order valence-electron chi connectivity index (χ2n) is 7.79. The van der Waals surface area contributed by atoms with E-state index in [1.165, 1.54) is 5.56 Å². The molecule has 0 radical (unpaired) electrons. The minimum absolute atomic E-state index is 0.0887.